The van der Waals surface area contributed by atoms with Gasteiger partial charge in [0.15, 0.2) is 6.61 Å². The standard InChI is InChI=1S/C15H21FN2O5S/c1-18(2)24(20,21)10-11-7-22-8-14(11)17-15(19)9-23-13-5-3-4-12(16)6-13/h3-6,11,14H,7-10H2,1-2H3,(H,17,19)/t11-,14+/m0/s1. The first-order chi connectivity index (χ1) is 11.3. The lowest BCUT2D eigenvalue weighted by molar-refractivity contribution is -0.124. The van der Waals surface area contributed by atoms with Crippen molar-refractivity contribution in [3.8, 4) is 5.75 Å². The molecular formula is C15H21FN2O5S. The summed E-state index contributed by atoms with van der Waals surface area (Å²) in [7, 11) is -0.454. The summed E-state index contributed by atoms with van der Waals surface area (Å²) < 4.78 is 48.6. The van der Waals surface area contributed by atoms with E-state index in [2.05, 4.69) is 5.32 Å². The van der Waals surface area contributed by atoms with Crippen LogP contribution in [0.4, 0.5) is 4.39 Å². The zero-order valence-electron chi connectivity index (χ0n) is 13.6. The van der Waals surface area contributed by atoms with Gasteiger partial charge in [0.25, 0.3) is 5.91 Å². The fraction of sp³-hybridized carbons (Fsp3) is 0.533. The summed E-state index contributed by atoms with van der Waals surface area (Å²) in [4.78, 5) is 12.0. The summed E-state index contributed by atoms with van der Waals surface area (Å²) in [6.07, 6.45) is 0. The number of halogens is 1. The van der Waals surface area contributed by atoms with E-state index in [1.807, 2.05) is 0 Å². The first kappa shape index (κ1) is 18.6. The van der Waals surface area contributed by atoms with Gasteiger partial charge < -0.3 is 14.8 Å². The number of carbonyl (C=O) groups excluding carboxylic acids is 1. The fourth-order valence-corrected chi connectivity index (χ4v) is 3.46. The van der Waals surface area contributed by atoms with E-state index in [0.29, 0.717) is 0 Å². The predicted molar refractivity (Wildman–Crippen MR) is 85.6 cm³/mol. The molecule has 9 heteroatoms. The highest BCUT2D eigenvalue weighted by molar-refractivity contribution is 7.89. The lowest BCUT2D eigenvalue weighted by Gasteiger charge is -2.21. The van der Waals surface area contributed by atoms with Gasteiger partial charge in [0.2, 0.25) is 10.0 Å². The molecule has 1 aromatic carbocycles. The molecule has 1 N–H and O–H groups in total. The summed E-state index contributed by atoms with van der Waals surface area (Å²) in [5.41, 5.74) is 0. The Labute approximate surface area is 140 Å². The van der Waals surface area contributed by atoms with E-state index in [9.17, 15) is 17.6 Å². The third kappa shape index (κ3) is 5.15. The van der Waals surface area contributed by atoms with Crippen LogP contribution in [0.5, 0.6) is 5.75 Å². The molecule has 0 spiro atoms. The Balaban J connectivity index is 1.86. The molecule has 0 saturated carbocycles. The minimum atomic E-state index is -3.38. The Hall–Kier alpha value is -1.71. The zero-order chi connectivity index (χ0) is 17.7. The van der Waals surface area contributed by atoms with Gasteiger partial charge in [-0.1, -0.05) is 6.07 Å². The smallest absolute Gasteiger partial charge is 0.258 e. The second kappa shape index (κ2) is 7.91. The summed E-state index contributed by atoms with van der Waals surface area (Å²) >= 11 is 0. The lowest BCUT2D eigenvalue weighted by atomic mass is 10.1. The number of nitrogens with one attached hydrogen (secondary N) is 1. The maximum absolute atomic E-state index is 13.0. The highest BCUT2D eigenvalue weighted by atomic mass is 32.2. The van der Waals surface area contributed by atoms with Gasteiger partial charge in [-0.25, -0.2) is 17.1 Å². The number of rotatable bonds is 7. The lowest BCUT2D eigenvalue weighted by Crippen LogP contribution is -2.45. The van der Waals surface area contributed by atoms with Gasteiger partial charge in [0.1, 0.15) is 11.6 Å². The number of nitrogens with zero attached hydrogens (tertiary/aromatic N) is 1. The topological polar surface area (TPSA) is 84.9 Å². The van der Waals surface area contributed by atoms with Gasteiger partial charge in [-0.05, 0) is 12.1 Å². The number of amides is 1. The van der Waals surface area contributed by atoms with Crippen LogP contribution in [0.3, 0.4) is 0 Å². The largest absolute Gasteiger partial charge is 0.484 e. The van der Waals surface area contributed by atoms with E-state index in [0.717, 1.165) is 4.31 Å². The van der Waals surface area contributed by atoms with Gasteiger partial charge in [-0.2, -0.15) is 0 Å². The zero-order valence-corrected chi connectivity index (χ0v) is 14.4. The minimum absolute atomic E-state index is 0.101. The van der Waals surface area contributed by atoms with E-state index in [1.54, 1.807) is 6.07 Å². The van der Waals surface area contributed by atoms with Gasteiger partial charge in [0.05, 0.1) is 25.0 Å². The van der Waals surface area contributed by atoms with Crippen LogP contribution in [0.1, 0.15) is 0 Å². The highest BCUT2D eigenvalue weighted by Gasteiger charge is 2.34. The highest BCUT2D eigenvalue weighted by Crippen LogP contribution is 2.17. The molecule has 24 heavy (non-hydrogen) atoms. The number of sulfonamides is 1. The SMILES string of the molecule is CN(C)S(=O)(=O)C[C@@H]1COC[C@H]1NC(=O)COc1cccc(F)c1. The Morgan fingerprint density at radius 2 is 2.17 bits per heavy atom. The van der Waals surface area contributed by atoms with Crippen LogP contribution >= 0.6 is 0 Å². The van der Waals surface area contributed by atoms with E-state index >= 15 is 0 Å². The van der Waals surface area contributed by atoms with Gasteiger partial charge >= 0.3 is 0 Å². The molecule has 134 valence electrons. The van der Waals surface area contributed by atoms with Crippen molar-refractivity contribution in [2.45, 2.75) is 6.04 Å². The monoisotopic (exact) mass is 360 g/mol. The van der Waals surface area contributed by atoms with Crippen molar-refractivity contribution in [1.29, 1.82) is 0 Å². The molecule has 1 fully saturated rings. The van der Waals surface area contributed by atoms with Gasteiger partial charge in [-0.15, -0.1) is 0 Å². The third-order valence-corrected chi connectivity index (χ3v) is 5.65. The van der Waals surface area contributed by atoms with Crippen LogP contribution < -0.4 is 10.1 Å². The average molecular weight is 360 g/mol. The summed E-state index contributed by atoms with van der Waals surface area (Å²) in [5.74, 6) is -1.04. The molecular weight excluding hydrogens is 339 g/mol. The molecule has 0 bridgehead atoms. The second-order valence-corrected chi connectivity index (χ2v) is 8.01. The number of hydrogen-bond acceptors (Lipinski definition) is 5. The molecule has 1 saturated heterocycles. The van der Waals surface area contributed by atoms with E-state index in [1.165, 1.54) is 32.3 Å². The molecule has 0 aliphatic carbocycles. The Morgan fingerprint density at radius 3 is 2.83 bits per heavy atom. The maximum Gasteiger partial charge on any atom is 0.258 e. The minimum Gasteiger partial charge on any atom is -0.484 e. The molecule has 2 atom stereocenters. The van der Waals surface area contributed by atoms with Crippen molar-refractivity contribution >= 4 is 15.9 Å². The number of benzene rings is 1. The van der Waals surface area contributed by atoms with Crippen LogP contribution in [-0.4, -0.2) is 64.3 Å². The van der Waals surface area contributed by atoms with Crippen molar-refractivity contribution in [3.63, 3.8) is 0 Å². The second-order valence-electron chi connectivity index (χ2n) is 5.78. The molecule has 1 aliphatic rings. The first-order valence-corrected chi connectivity index (χ1v) is 9.04. The maximum atomic E-state index is 13.0. The van der Waals surface area contributed by atoms with Crippen LogP contribution in [0.15, 0.2) is 24.3 Å². The molecule has 1 amide bonds. The summed E-state index contributed by atoms with van der Waals surface area (Å²) in [5, 5.41) is 2.71. The Morgan fingerprint density at radius 1 is 1.42 bits per heavy atom. The molecule has 0 radical (unpaired) electrons. The normalized spacial score (nSPS) is 21.0. The van der Waals surface area contributed by atoms with Crippen molar-refractivity contribution in [1.82, 2.24) is 9.62 Å². The molecule has 1 heterocycles. The van der Waals surface area contributed by atoms with Gasteiger partial charge in [0, 0.05) is 26.1 Å². The molecule has 1 aliphatic heterocycles. The molecule has 2 rings (SSSR count). The van der Waals surface area contributed by atoms with Crippen molar-refractivity contribution in [2.24, 2.45) is 5.92 Å². The molecule has 0 aromatic heterocycles. The summed E-state index contributed by atoms with van der Waals surface area (Å²) in [6.45, 7) is 0.231. The van der Waals surface area contributed by atoms with Crippen molar-refractivity contribution in [3.05, 3.63) is 30.1 Å². The van der Waals surface area contributed by atoms with Crippen molar-refractivity contribution < 1.29 is 27.1 Å². The van der Waals surface area contributed by atoms with E-state index < -0.39 is 27.8 Å². The number of hydrogen-bond donors (Lipinski definition) is 1. The Bertz CT molecular complexity index is 680. The third-order valence-electron chi connectivity index (χ3n) is 3.69. The van der Waals surface area contributed by atoms with Gasteiger partial charge in [-0.3, -0.25) is 4.79 Å². The number of carbonyl (C=O) groups is 1. The van der Waals surface area contributed by atoms with Crippen molar-refractivity contribution in [2.75, 3.05) is 39.7 Å². The molecule has 1 aromatic rings. The fourth-order valence-electron chi connectivity index (χ4n) is 2.30. The van der Waals surface area contributed by atoms with Crippen LogP contribution in [0.2, 0.25) is 0 Å². The molecule has 0 unspecified atom stereocenters. The van der Waals surface area contributed by atoms with Crippen LogP contribution in [-0.2, 0) is 19.6 Å². The summed E-state index contributed by atoms with van der Waals surface area (Å²) in [6, 6.07) is 5.08. The quantitative estimate of drug-likeness (QED) is 0.752. The van der Waals surface area contributed by atoms with E-state index in [-0.39, 0.29) is 37.2 Å². The Kier molecular flexibility index (Phi) is 6.14. The average Bonchev–Trinajstić information content (AvgIpc) is 2.91. The number of ether oxygens (including phenoxy) is 2. The first-order valence-electron chi connectivity index (χ1n) is 7.43. The predicted octanol–water partition coefficient (Wildman–Crippen LogP) is 0.227. The van der Waals surface area contributed by atoms with E-state index in [4.69, 9.17) is 9.47 Å². The van der Waals surface area contributed by atoms with Crippen LogP contribution in [0, 0.1) is 11.7 Å². The molecule has 7 nitrogen and oxygen atoms in total. The van der Waals surface area contributed by atoms with Crippen LogP contribution in [0.25, 0.3) is 0 Å².